The number of alkyl halides is 2. The lowest BCUT2D eigenvalue weighted by atomic mass is 10.1. The number of halogens is 2. The summed E-state index contributed by atoms with van der Waals surface area (Å²) in [7, 11) is 0. The summed E-state index contributed by atoms with van der Waals surface area (Å²) in [5, 5.41) is 27.4. The van der Waals surface area contributed by atoms with E-state index in [0.29, 0.717) is 34.3 Å². The van der Waals surface area contributed by atoms with E-state index in [-0.39, 0.29) is 27.9 Å². The molecule has 2 amide bonds. The van der Waals surface area contributed by atoms with E-state index in [1.807, 2.05) is 17.5 Å². The van der Waals surface area contributed by atoms with Gasteiger partial charge in [-0.1, -0.05) is 58.0 Å². The Kier molecular flexibility index (Phi) is 13.2. The average molecular weight is 928 g/mol. The fourth-order valence-corrected chi connectivity index (χ4v) is 8.49. The molecule has 0 fully saturated rings. The Morgan fingerprint density at radius 2 is 1.26 bits per heavy atom. The van der Waals surface area contributed by atoms with E-state index in [1.165, 1.54) is 27.2 Å². The van der Waals surface area contributed by atoms with Gasteiger partial charge < -0.3 is 20.1 Å². The molecule has 0 aliphatic carbocycles. The van der Waals surface area contributed by atoms with Crippen LogP contribution in [0.2, 0.25) is 0 Å². The second-order valence-corrected chi connectivity index (χ2v) is 19.5. The Morgan fingerprint density at radius 3 is 1.83 bits per heavy atom. The molecule has 14 nitrogen and oxygen atoms in total. The molecule has 4 aromatic heterocycles. The Morgan fingerprint density at radius 1 is 0.707 bits per heavy atom. The SMILES string of the molecule is CC(C)(C)OC(=O)n1c(SC(F)C(=O)Nc2ccc(-c3cc(-c4nnc(SC(Br)C(=O)Nc5ccccc5)n4C(=O)OC(C)(C)C)cs3)cc2)nnc1-c1ccsc1. The fraction of sp³-hybridized carbons (Fsp3) is 0.263. The second-order valence-electron chi connectivity index (χ2n) is 14.2. The lowest BCUT2D eigenvalue weighted by Gasteiger charge is -2.20. The lowest BCUT2D eigenvalue weighted by Crippen LogP contribution is -2.28. The van der Waals surface area contributed by atoms with Crippen molar-refractivity contribution in [3.8, 4) is 33.2 Å². The van der Waals surface area contributed by atoms with E-state index >= 15 is 4.39 Å². The number of nitrogens with one attached hydrogen (secondary N) is 2. The first-order valence-electron chi connectivity index (χ1n) is 17.3. The molecule has 0 aliphatic heterocycles. The topological polar surface area (TPSA) is 172 Å². The van der Waals surface area contributed by atoms with Gasteiger partial charge in [0.25, 0.3) is 5.91 Å². The molecule has 58 heavy (non-hydrogen) atoms. The highest BCUT2D eigenvalue weighted by Gasteiger charge is 2.31. The van der Waals surface area contributed by atoms with Crippen LogP contribution >= 0.6 is 62.1 Å². The summed E-state index contributed by atoms with van der Waals surface area (Å²) in [5.41, 5.74) is -0.956. The Bertz CT molecular complexity index is 2410. The van der Waals surface area contributed by atoms with Crippen LogP contribution in [-0.4, -0.2) is 74.4 Å². The predicted molar refractivity (Wildman–Crippen MR) is 228 cm³/mol. The Labute approximate surface area is 357 Å². The third-order valence-corrected chi connectivity index (χ3v) is 11.8. The summed E-state index contributed by atoms with van der Waals surface area (Å²) in [4.78, 5) is 53.4. The van der Waals surface area contributed by atoms with E-state index in [1.54, 1.807) is 107 Å². The zero-order valence-corrected chi connectivity index (χ0v) is 36.6. The van der Waals surface area contributed by atoms with Crippen LogP contribution in [0.1, 0.15) is 41.5 Å². The number of rotatable bonds is 11. The van der Waals surface area contributed by atoms with Crippen LogP contribution in [0.4, 0.5) is 25.4 Å². The molecular weight excluding hydrogens is 892 g/mol. The number of thiophene rings is 2. The molecule has 0 saturated carbocycles. The van der Waals surface area contributed by atoms with Crippen molar-refractivity contribution >= 4 is 97.5 Å². The maximum Gasteiger partial charge on any atom is 0.422 e. The summed E-state index contributed by atoms with van der Waals surface area (Å²) in [6, 6.07) is 19.3. The first-order chi connectivity index (χ1) is 27.5. The number of amides is 2. The molecule has 2 aromatic carbocycles. The molecule has 0 bridgehead atoms. The van der Waals surface area contributed by atoms with E-state index in [2.05, 4.69) is 47.0 Å². The van der Waals surface area contributed by atoms with Crippen molar-refractivity contribution in [1.82, 2.24) is 29.5 Å². The number of ether oxygens (including phenoxy) is 2. The number of thioether (sulfide) groups is 2. The number of benzene rings is 2. The van der Waals surface area contributed by atoms with Crippen molar-refractivity contribution in [2.45, 2.75) is 72.7 Å². The van der Waals surface area contributed by atoms with Crippen LogP contribution in [0, 0.1) is 0 Å². The molecule has 302 valence electrons. The van der Waals surface area contributed by atoms with Crippen LogP contribution in [0.3, 0.4) is 0 Å². The third kappa shape index (κ3) is 10.8. The van der Waals surface area contributed by atoms with Gasteiger partial charge in [-0.15, -0.1) is 31.7 Å². The monoisotopic (exact) mass is 926 g/mol. The van der Waals surface area contributed by atoms with Gasteiger partial charge in [-0.05, 0) is 101 Å². The highest BCUT2D eigenvalue weighted by atomic mass is 79.9. The van der Waals surface area contributed by atoms with Crippen LogP contribution in [0.25, 0.3) is 33.2 Å². The van der Waals surface area contributed by atoms with Crippen LogP contribution in [0.15, 0.2) is 93.2 Å². The van der Waals surface area contributed by atoms with Crippen molar-refractivity contribution in [3.63, 3.8) is 0 Å². The minimum Gasteiger partial charge on any atom is -0.443 e. The fourth-order valence-electron chi connectivity index (χ4n) is 4.94. The predicted octanol–water partition coefficient (Wildman–Crippen LogP) is 10.0. The average Bonchev–Trinajstić information content (AvgIpc) is 3.98. The summed E-state index contributed by atoms with van der Waals surface area (Å²) >= 11 is 7.58. The van der Waals surface area contributed by atoms with Crippen molar-refractivity contribution in [3.05, 3.63) is 82.9 Å². The molecule has 2 unspecified atom stereocenters. The molecule has 0 saturated heterocycles. The van der Waals surface area contributed by atoms with Gasteiger partial charge in [0, 0.05) is 38.1 Å². The number of nitrogens with zero attached hydrogens (tertiary/aromatic N) is 6. The number of aromatic nitrogens is 6. The highest BCUT2D eigenvalue weighted by Crippen LogP contribution is 2.36. The molecule has 0 spiro atoms. The van der Waals surface area contributed by atoms with Gasteiger partial charge in [0.2, 0.25) is 21.7 Å². The number of para-hydroxylation sites is 1. The van der Waals surface area contributed by atoms with E-state index in [0.717, 1.165) is 26.8 Å². The van der Waals surface area contributed by atoms with Crippen LogP contribution in [-0.2, 0) is 19.1 Å². The normalized spacial score (nSPS) is 12.8. The minimum absolute atomic E-state index is 0.138. The summed E-state index contributed by atoms with van der Waals surface area (Å²) in [6.07, 6.45) is -1.52. The standard InChI is InChI=1S/C38H36BrFN8O6S4/c1-37(2,3)53-35(51)47-29(22-16-17-55-19-22)43-46-34(47)58-28(40)32(50)42-25-14-12-21(13-15-25)26-18-23(20-56-26)30-44-45-33(48(30)36(52)54-38(4,5)6)57-27(39)31(49)41-24-10-8-7-9-11-24/h7-20,27-28H,1-6H3,(H,41,49)(H,42,50). The molecule has 4 heterocycles. The first-order valence-corrected chi connectivity index (χ1v) is 21.8. The quantitative estimate of drug-likeness (QED) is 0.0932. The molecular formula is C38H36BrFN8O6S4. The molecule has 6 rings (SSSR count). The number of carbonyl (C=O) groups excluding carboxylic acids is 4. The molecule has 6 aromatic rings. The molecule has 2 N–H and O–H groups in total. The zero-order valence-electron chi connectivity index (χ0n) is 31.8. The van der Waals surface area contributed by atoms with Gasteiger partial charge in [0.05, 0.1) is 0 Å². The summed E-state index contributed by atoms with van der Waals surface area (Å²) < 4.78 is 28.1. The van der Waals surface area contributed by atoms with Gasteiger partial charge in [-0.3, -0.25) is 9.59 Å². The second kappa shape index (κ2) is 17.9. The number of anilines is 2. The van der Waals surface area contributed by atoms with E-state index < -0.39 is 39.0 Å². The van der Waals surface area contributed by atoms with Crippen molar-refractivity contribution in [2.24, 2.45) is 0 Å². The van der Waals surface area contributed by atoms with Crippen molar-refractivity contribution in [1.29, 1.82) is 0 Å². The molecule has 0 aliphatic rings. The van der Waals surface area contributed by atoms with Crippen LogP contribution < -0.4 is 10.6 Å². The Balaban J connectivity index is 1.15. The summed E-state index contributed by atoms with van der Waals surface area (Å²) in [6.45, 7) is 10.3. The van der Waals surface area contributed by atoms with E-state index in [4.69, 9.17) is 9.47 Å². The number of hydrogen-bond acceptors (Lipinski definition) is 14. The van der Waals surface area contributed by atoms with Gasteiger partial charge >= 0.3 is 12.2 Å². The molecule has 2 atom stereocenters. The lowest BCUT2D eigenvalue weighted by molar-refractivity contribution is -0.118. The Hall–Kier alpha value is -4.89. The largest absolute Gasteiger partial charge is 0.443 e. The summed E-state index contributed by atoms with van der Waals surface area (Å²) in [5.74, 6) is -0.951. The zero-order chi connectivity index (χ0) is 41.8. The highest BCUT2D eigenvalue weighted by molar-refractivity contribution is 9.11. The number of carbonyl (C=O) groups is 4. The van der Waals surface area contributed by atoms with Crippen LogP contribution in [0.5, 0.6) is 0 Å². The van der Waals surface area contributed by atoms with Crippen molar-refractivity contribution < 1.29 is 33.0 Å². The van der Waals surface area contributed by atoms with Gasteiger partial charge in [-0.25, -0.2) is 23.1 Å². The first kappa shape index (κ1) is 42.7. The minimum atomic E-state index is -2.15. The van der Waals surface area contributed by atoms with Gasteiger partial charge in [-0.2, -0.15) is 11.3 Å². The van der Waals surface area contributed by atoms with E-state index in [9.17, 15) is 19.2 Å². The number of hydrogen-bond donors (Lipinski definition) is 2. The van der Waals surface area contributed by atoms with Gasteiger partial charge in [0.1, 0.15) is 15.4 Å². The smallest absolute Gasteiger partial charge is 0.422 e. The van der Waals surface area contributed by atoms with Gasteiger partial charge in [0.15, 0.2) is 11.6 Å². The third-order valence-electron chi connectivity index (χ3n) is 7.36. The molecule has 0 radical (unpaired) electrons. The van der Waals surface area contributed by atoms with Crippen molar-refractivity contribution in [2.75, 3.05) is 10.6 Å². The maximum atomic E-state index is 15.4. The maximum absolute atomic E-state index is 15.4. The molecule has 20 heteroatoms.